The number of aromatic nitrogens is 1. The molecule has 4 nitrogen and oxygen atoms in total. The lowest BCUT2D eigenvalue weighted by molar-refractivity contribution is 0.355. The molecule has 3 aromatic rings. The first-order chi connectivity index (χ1) is 9.83. The molecule has 0 radical (unpaired) electrons. The number of hydrogen-bond acceptors (Lipinski definition) is 4. The van der Waals surface area contributed by atoms with Crippen LogP contribution in [0.5, 0.6) is 11.5 Å². The van der Waals surface area contributed by atoms with Crippen molar-refractivity contribution >= 4 is 17.2 Å². The van der Waals surface area contributed by atoms with Crippen LogP contribution in [0.25, 0.3) is 28.6 Å². The topological polar surface area (TPSA) is 55.5 Å². The lowest BCUT2D eigenvalue weighted by Gasteiger charge is -2.15. The molecule has 1 N–H and O–H groups in total. The van der Waals surface area contributed by atoms with Gasteiger partial charge in [-0.1, -0.05) is 18.2 Å². The van der Waals surface area contributed by atoms with Gasteiger partial charge in [-0.25, -0.2) is 4.98 Å². The van der Waals surface area contributed by atoms with Gasteiger partial charge in [0.25, 0.3) is 0 Å². The summed E-state index contributed by atoms with van der Waals surface area (Å²) in [6.07, 6.45) is 3.89. The van der Waals surface area contributed by atoms with Gasteiger partial charge in [0.1, 0.15) is 29.2 Å². The van der Waals surface area contributed by atoms with E-state index in [1.807, 2.05) is 42.5 Å². The monoisotopic (exact) mass is 265 g/mol. The van der Waals surface area contributed by atoms with E-state index in [9.17, 15) is 5.11 Å². The van der Waals surface area contributed by atoms with Gasteiger partial charge in [0.05, 0.1) is 0 Å². The summed E-state index contributed by atoms with van der Waals surface area (Å²) in [7, 11) is 0. The minimum atomic E-state index is 0.102. The molecule has 0 saturated heterocycles. The molecular formula is C16H11NO3. The van der Waals surface area contributed by atoms with E-state index in [1.54, 1.807) is 6.07 Å². The Balaban J connectivity index is 1.99. The molecule has 2 aromatic carbocycles. The first kappa shape index (κ1) is 11.1. The van der Waals surface area contributed by atoms with Crippen molar-refractivity contribution in [1.82, 2.24) is 4.98 Å². The summed E-state index contributed by atoms with van der Waals surface area (Å²) < 4.78 is 11.4. The number of benzene rings is 2. The van der Waals surface area contributed by atoms with Gasteiger partial charge < -0.3 is 14.3 Å². The van der Waals surface area contributed by atoms with Crippen LogP contribution in [0.3, 0.4) is 0 Å². The molecule has 0 atom stereocenters. The third-order valence-corrected chi connectivity index (χ3v) is 3.30. The molecule has 1 aliphatic heterocycles. The maximum Gasteiger partial charge on any atom is 0.234 e. The SMILES string of the molecule is Oc1ccc2c(c1-c1nc3ccccc3o1)OCC=C2. The first-order valence-electron chi connectivity index (χ1n) is 6.34. The van der Waals surface area contributed by atoms with Crippen LogP contribution >= 0.6 is 0 Å². The number of nitrogens with zero attached hydrogens (tertiary/aromatic N) is 1. The van der Waals surface area contributed by atoms with Crippen molar-refractivity contribution in [2.45, 2.75) is 0 Å². The van der Waals surface area contributed by atoms with Crippen LogP contribution in [0.2, 0.25) is 0 Å². The van der Waals surface area contributed by atoms with E-state index < -0.39 is 0 Å². The summed E-state index contributed by atoms with van der Waals surface area (Å²) >= 11 is 0. The van der Waals surface area contributed by atoms with E-state index in [1.165, 1.54) is 0 Å². The van der Waals surface area contributed by atoms with Crippen LogP contribution < -0.4 is 4.74 Å². The molecule has 4 heteroatoms. The normalized spacial score (nSPS) is 13.2. The molecule has 0 fully saturated rings. The second-order valence-corrected chi connectivity index (χ2v) is 4.58. The van der Waals surface area contributed by atoms with E-state index in [2.05, 4.69) is 4.98 Å². The van der Waals surface area contributed by atoms with Crippen molar-refractivity contribution in [2.24, 2.45) is 0 Å². The van der Waals surface area contributed by atoms with Crippen LogP contribution in [0, 0.1) is 0 Å². The maximum absolute atomic E-state index is 10.1. The van der Waals surface area contributed by atoms with Crippen LogP contribution in [0.4, 0.5) is 0 Å². The summed E-state index contributed by atoms with van der Waals surface area (Å²) in [6, 6.07) is 10.9. The number of hydrogen-bond donors (Lipinski definition) is 1. The van der Waals surface area contributed by atoms with E-state index in [0.29, 0.717) is 29.4 Å². The minimum Gasteiger partial charge on any atom is -0.507 e. The van der Waals surface area contributed by atoms with Crippen LogP contribution in [-0.4, -0.2) is 16.7 Å². The number of rotatable bonds is 1. The third kappa shape index (κ3) is 1.58. The number of phenols is 1. The number of para-hydroxylation sites is 2. The smallest absolute Gasteiger partial charge is 0.234 e. The highest BCUT2D eigenvalue weighted by Crippen LogP contribution is 2.42. The second-order valence-electron chi connectivity index (χ2n) is 4.58. The Hall–Kier alpha value is -2.75. The maximum atomic E-state index is 10.1. The molecule has 0 unspecified atom stereocenters. The number of ether oxygens (including phenoxy) is 1. The lowest BCUT2D eigenvalue weighted by atomic mass is 10.1. The van der Waals surface area contributed by atoms with Gasteiger partial charge in [0, 0.05) is 5.56 Å². The summed E-state index contributed by atoms with van der Waals surface area (Å²) in [6.45, 7) is 0.476. The van der Waals surface area contributed by atoms with Gasteiger partial charge in [0.2, 0.25) is 5.89 Å². The number of aromatic hydroxyl groups is 1. The minimum absolute atomic E-state index is 0.102. The summed E-state index contributed by atoms with van der Waals surface area (Å²) in [5.74, 6) is 1.08. The predicted molar refractivity (Wildman–Crippen MR) is 75.6 cm³/mol. The first-order valence-corrected chi connectivity index (χ1v) is 6.34. The van der Waals surface area contributed by atoms with E-state index in [0.717, 1.165) is 11.1 Å². The average molecular weight is 265 g/mol. The van der Waals surface area contributed by atoms with E-state index in [-0.39, 0.29) is 5.75 Å². The standard InChI is InChI=1S/C16H11NO3/c18-12-8-7-10-4-3-9-19-15(10)14(12)16-17-11-5-1-2-6-13(11)20-16/h1-8,18H,9H2. The molecule has 1 aliphatic rings. The molecule has 0 bridgehead atoms. The molecule has 98 valence electrons. The molecule has 0 amide bonds. The summed E-state index contributed by atoms with van der Waals surface area (Å²) in [4.78, 5) is 4.42. The zero-order chi connectivity index (χ0) is 13.5. The molecule has 0 spiro atoms. The van der Waals surface area contributed by atoms with Crippen molar-refractivity contribution in [2.75, 3.05) is 6.61 Å². The quantitative estimate of drug-likeness (QED) is 0.730. The fourth-order valence-electron chi connectivity index (χ4n) is 2.37. The summed E-state index contributed by atoms with van der Waals surface area (Å²) in [5, 5.41) is 10.1. The highest BCUT2D eigenvalue weighted by atomic mass is 16.5. The largest absolute Gasteiger partial charge is 0.507 e. The average Bonchev–Trinajstić information content (AvgIpc) is 2.90. The van der Waals surface area contributed by atoms with Gasteiger partial charge in [0.15, 0.2) is 5.58 Å². The number of oxazole rings is 1. The number of fused-ring (bicyclic) bond motifs is 2. The fourth-order valence-corrected chi connectivity index (χ4v) is 2.37. The Labute approximate surface area is 114 Å². The van der Waals surface area contributed by atoms with Gasteiger partial charge >= 0.3 is 0 Å². The van der Waals surface area contributed by atoms with Gasteiger partial charge in [-0.15, -0.1) is 0 Å². The Morgan fingerprint density at radius 1 is 1.10 bits per heavy atom. The Kier molecular flexibility index (Phi) is 2.29. The Bertz CT molecular complexity index is 800. The number of phenolic OH excluding ortho intramolecular Hbond substituents is 1. The molecule has 4 rings (SSSR count). The molecular weight excluding hydrogens is 254 g/mol. The van der Waals surface area contributed by atoms with Crippen LogP contribution in [0.1, 0.15) is 5.56 Å². The molecule has 2 heterocycles. The van der Waals surface area contributed by atoms with E-state index in [4.69, 9.17) is 9.15 Å². The van der Waals surface area contributed by atoms with Crippen molar-refractivity contribution < 1.29 is 14.3 Å². The predicted octanol–water partition coefficient (Wildman–Crippen LogP) is 3.61. The zero-order valence-electron chi connectivity index (χ0n) is 10.5. The third-order valence-electron chi connectivity index (χ3n) is 3.30. The summed E-state index contributed by atoms with van der Waals surface area (Å²) in [5.41, 5.74) is 2.85. The van der Waals surface area contributed by atoms with E-state index >= 15 is 0 Å². The Morgan fingerprint density at radius 2 is 2.00 bits per heavy atom. The molecule has 0 aliphatic carbocycles. The molecule has 1 aromatic heterocycles. The fraction of sp³-hybridized carbons (Fsp3) is 0.0625. The zero-order valence-corrected chi connectivity index (χ0v) is 10.5. The Morgan fingerprint density at radius 3 is 2.90 bits per heavy atom. The highest BCUT2D eigenvalue weighted by molar-refractivity contribution is 5.82. The van der Waals surface area contributed by atoms with Crippen molar-refractivity contribution in [3.05, 3.63) is 48.0 Å². The second kappa shape index (κ2) is 4.13. The van der Waals surface area contributed by atoms with Crippen LogP contribution in [-0.2, 0) is 0 Å². The molecule has 20 heavy (non-hydrogen) atoms. The van der Waals surface area contributed by atoms with Crippen molar-refractivity contribution in [1.29, 1.82) is 0 Å². The van der Waals surface area contributed by atoms with Gasteiger partial charge in [-0.05, 0) is 30.3 Å². The van der Waals surface area contributed by atoms with Crippen molar-refractivity contribution in [3.8, 4) is 23.0 Å². The lowest BCUT2D eigenvalue weighted by Crippen LogP contribution is -2.02. The van der Waals surface area contributed by atoms with Crippen LogP contribution in [0.15, 0.2) is 46.9 Å². The van der Waals surface area contributed by atoms with Crippen molar-refractivity contribution in [3.63, 3.8) is 0 Å². The molecule has 0 saturated carbocycles. The highest BCUT2D eigenvalue weighted by Gasteiger charge is 2.21. The van der Waals surface area contributed by atoms with Gasteiger partial charge in [-0.3, -0.25) is 0 Å². The van der Waals surface area contributed by atoms with Gasteiger partial charge in [-0.2, -0.15) is 0 Å².